The number of aliphatic imine (C=N–C) groups is 1. The van der Waals surface area contributed by atoms with Crippen LogP contribution in [0.1, 0.15) is 6.42 Å². The molecular formula is C6H10N4O2. The first kappa shape index (κ1) is 7.35. The van der Waals surface area contributed by atoms with Gasteiger partial charge in [0, 0.05) is 6.42 Å². The molecule has 0 unspecified atom stereocenters. The van der Waals surface area contributed by atoms with Crippen molar-refractivity contribution in [1.29, 1.82) is 0 Å². The van der Waals surface area contributed by atoms with Gasteiger partial charge in [-0.2, -0.15) is 0 Å². The van der Waals surface area contributed by atoms with Crippen molar-refractivity contribution in [2.45, 2.75) is 24.7 Å². The lowest BCUT2D eigenvalue weighted by molar-refractivity contribution is -0.139. The SMILES string of the molecule is NC1=N[C@@H]2C[C@H](N1)[C@@H](C(=O)O)N2. The van der Waals surface area contributed by atoms with Crippen LogP contribution < -0.4 is 16.4 Å². The first-order valence-electron chi connectivity index (χ1n) is 3.75. The quantitative estimate of drug-likeness (QED) is 0.366. The molecule has 0 spiro atoms. The summed E-state index contributed by atoms with van der Waals surface area (Å²) in [6, 6.07) is -0.690. The van der Waals surface area contributed by atoms with Crippen molar-refractivity contribution in [1.82, 2.24) is 10.6 Å². The molecule has 66 valence electrons. The summed E-state index contributed by atoms with van der Waals surface area (Å²) in [5.41, 5.74) is 5.42. The molecule has 2 rings (SSSR count). The molecule has 2 heterocycles. The molecular weight excluding hydrogens is 160 g/mol. The zero-order valence-corrected chi connectivity index (χ0v) is 6.32. The van der Waals surface area contributed by atoms with Gasteiger partial charge in [0.2, 0.25) is 0 Å². The molecule has 0 aromatic rings. The molecule has 3 atom stereocenters. The van der Waals surface area contributed by atoms with E-state index in [0.717, 1.165) is 0 Å². The zero-order valence-electron chi connectivity index (χ0n) is 6.32. The van der Waals surface area contributed by atoms with E-state index in [1.807, 2.05) is 0 Å². The Morgan fingerprint density at radius 1 is 1.75 bits per heavy atom. The molecule has 0 aromatic carbocycles. The van der Waals surface area contributed by atoms with Crippen LogP contribution >= 0.6 is 0 Å². The van der Waals surface area contributed by atoms with Gasteiger partial charge in [0.15, 0.2) is 5.96 Å². The van der Waals surface area contributed by atoms with Gasteiger partial charge in [0.1, 0.15) is 12.2 Å². The summed E-state index contributed by atoms with van der Waals surface area (Å²) < 4.78 is 0. The van der Waals surface area contributed by atoms with Crippen molar-refractivity contribution in [2.75, 3.05) is 0 Å². The Labute approximate surface area is 68.8 Å². The van der Waals surface area contributed by atoms with Crippen molar-refractivity contribution < 1.29 is 9.90 Å². The largest absolute Gasteiger partial charge is 0.480 e. The van der Waals surface area contributed by atoms with Crippen molar-refractivity contribution in [3.63, 3.8) is 0 Å². The van der Waals surface area contributed by atoms with Gasteiger partial charge < -0.3 is 16.2 Å². The van der Waals surface area contributed by atoms with Gasteiger partial charge in [0.25, 0.3) is 0 Å². The molecule has 0 amide bonds. The van der Waals surface area contributed by atoms with Gasteiger partial charge >= 0.3 is 5.97 Å². The maximum absolute atomic E-state index is 10.7. The smallest absolute Gasteiger partial charge is 0.322 e. The van der Waals surface area contributed by atoms with E-state index in [9.17, 15) is 4.79 Å². The molecule has 0 radical (unpaired) electrons. The summed E-state index contributed by atoms with van der Waals surface area (Å²) in [5.74, 6) is -0.535. The number of aliphatic carboxylic acids is 1. The van der Waals surface area contributed by atoms with Crippen LogP contribution in [0.4, 0.5) is 0 Å². The number of hydrogen-bond acceptors (Lipinski definition) is 5. The predicted octanol–water partition coefficient (Wildman–Crippen LogP) is -1.95. The van der Waals surface area contributed by atoms with E-state index in [-0.39, 0.29) is 12.2 Å². The van der Waals surface area contributed by atoms with Gasteiger partial charge in [-0.1, -0.05) is 0 Å². The zero-order chi connectivity index (χ0) is 8.72. The van der Waals surface area contributed by atoms with Crippen molar-refractivity contribution in [3.8, 4) is 0 Å². The summed E-state index contributed by atoms with van der Waals surface area (Å²) in [4.78, 5) is 14.6. The summed E-state index contributed by atoms with van der Waals surface area (Å²) >= 11 is 0. The number of nitrogens with zero attached hydrogens (tertiary/aromatic N) is 1. The normalized spacial score (nSPS) is 38.7. The monoisotopic (exact) mass is 170 g/mol. The minimum Gasteiger partial charge on any atom is -0.480 e. The fraction of sp³-hybridized carbons (Fsp3) is 0.667. The summed E-state index contributed by atoms with van der Waals surface area (Å²) in [7, 11) is 0. The van der Waals surface area contributed by atoms with Crippen LogP contribution in [-0.2, 0) is 4.79 Å². The molecule has 2 aliphatic rings. The Morgan fingerprint density at radius 3 is 3.17 bits per heavy atom. The Kier molecular flexibility index (Phi) is 1.44. The van der Waals surface area contributed by atoms with E-state index in [1.165, 1.54) is 0 Å². The Balaban J connectivity index is 2.16. The number of nitrogens with one attached hydrogen (secondary N) is 2. The fourth-order valence-corrected chi connectivity index (χ4v) is 1.64. The molecule has 0 aliphatic carbocycles. The lowest BCUT2D eigenvalue weighted by atomic mass is 10.1. The summed E-state index contributed by atoms with van der Waals surface area (Å²) in [6.45, 7) is 0. The average molecular weight is 170 g/mol. The first-order chi connectivity index (χ1) is 5.66. The van der Waals surface area contributed by atoms with Crippen LogP contribution in [0.15, 0.2) is 4.99 Å². The van der Waals surface area contributed by atoms with Crippen LogP contribution in [0.25, 0.3) is 0 Å². The van der Waals surface area contributed by atoms with Crippen molar-refractivity contribution in [3.05, 3.63) is 0 Å². The van der Waals surface area contributed by atoms with Gasteiger partial charge in [0.05, 0.1) is 6.04 Å². The second-order valence-electron chi connectivity index (χ2n) is 3.00. The molecule has 2 bridgehead atoms. The van der Waals surface area contributed by atoms with E-state index >= 15 is 0 Å². The van der Waals surface area contributed by atoms with Gasteiger partial charge in [-0.15, -0.1) is 0 Å². The Hall–Kier alpha value is -1.30. The third-order valence-corrected chi connectivity index (χ3v) is 2.15. The maximum atomic E-state index is 10.7. The van der Waals surface area contributed by atoms with Gasteiger partial charge in [-0.25, -0.2) is 4.99 Å². The highest BCUT2D eigenvalue weighted by Crippen LogP contribution is 2.17. The second kappa shape index (κ2) is 2.34. The first-order valence-corrected chi connectivity index (χ1v) is 3.75. The molecule has 5 N–H and O–H groups in total. The van der Waals surface area contributed by atoms with Crippen LogP contribution in [0.3, 0.4) is 0 Å². The fourth-order valence-electron chi connectivity index (χ4n) is 1.64. The number of hydrogen-bond donors (Lipinski definition) is 4. The third kappa shape index (κ3) is 1.00. The highest BCUT2D eigenvalue weighted by molar-refractivity contribution is 5.82. The third-order valence-electron chi connectivity index (χ3n) is 2.15. The van der Waals surface area contributed by atoms with Crippen LogP contribution in [0.2, 0.25) is 0 Å². The number of guanidine groups is 1. The predicted molar refractivity (Wildman–Crippen MR) is 41.5 cm³/mol. The van der Waals surface area contributed by atoms with E-state index in [0.29, 0.717) is 12.4 Å². The standard InChI is InChI=1S/C6H10N4O2/c7-6-8-2-1-3(10-6)9-4(2)5(11)12/h2-4,9H,1H2,(H,11,12)(H3,7,8,10)/t2-,3+,4-/m0/s1. The minimum absolute atomic E-state index is 0.120. The lowest BCUT2D eigenvalue weighted by Gasteiger charge is -2.18. The van der Waals surface area contributed by atoms with Gasteiger partial charge in [-0.05, 0) is 0 Å². The van der Waals surface area contributed by atoms with E-state index < -0.39 is 12.0 Å². The van der Waals surface area contributed by atoms with Crippen LogP contribution in [0, 0.1) is 0 Å². The molecule has 0 aromatic heterocycles. The molecule has 0 saturated carbocycles. The number of rotatable bonds is 1. The Bertz CT molecular complexity index is 252. The average Bonchev–Trinajstić information content (AvgIpc) is 2.26. The molecule has 1 fully saturated rings. The molecule has 6 heteroatoms. The van der Waals surface area contributed by atoms with Crippen molar-refractivity contribution >= 4 is 11.9 Å². The van der Waals surface area contributed by atoms with Crippen LogP contribution in [0.5, 0.6) is 0 Å². The van der Waals surface area contributed by atoms with Crippen molar-refractivity contribution in [2.24, 2.45) is 10.7 Å². The van der Waals surface area contributed by atoms with E-state index in [4.69, 9.17) is 10.8 Å². The highest BCUT2D eigenvalue weighted by Gasteiger charge is 2.41. The molecule has 1 saturated heterocycles. The number of nitrogens with two attached hydrogens (primary N) is 1. The van der Waals surface area contributed by atoms with Gasteiger partial charge in [-0.3, -0.25) is 10.1 Å². The summed E-state index contributed by atoms with van der Waals surface area (Å²) in [6.07, 6.45) is 0.565. The lowest BCUT2D eigenvalue weighted by Crippen LogP contribution is -2.49. The van der Waals surface area contributed by atoms with E-state index in [2.05, 4.69) is 15.6 Å². The maximum Gasteiger partial charge on any atom is 0.322 e. The second-order valence-corrected chi connectivity index (χ2v) is 3.00. The van der Waals surface area contributed by atoms with E-state index in [1.54, 1.807) is 0 Å². The minimum atomic E-state index is -0.861. The molecule has 6 nitrogen and oxygen atoms in total. The molecule has 2 aliphatic heterocycles. The topological polar surface area (TPSA) is 99.7 Å². The number of carbonyl (C=O) groups is 1. The number of carboxylic acid groups (broad SMARTS) is 1. The number of carboxylic acids is 1. The molecule has 12 heavy (non-hydrogen) atoms. The Morgan fingerprint density at radius 2 is 2.50 bits per heavy atom. The highest BCUT2D eigenvalue weighted by atomic mass is 16.4. The van der Waals surface area contributed by atoms with Crippen LogP contribution in [-0.4, -0.2) is 35.3 Å². The number of fused-ring (bicyclic) bond motifs is 2. The summed E-state index contributed by atoms with van der Waals surface area (Å²) in [5, 5.41) is 14.4.